The largest absolute Gasteiger partial charge is 0.354 e. The molecule has 2 N–H and O–H groups in total. The average Bonchev–Trinajstić information content (AvgIpc) is 2.14. The number of rotatable bonds is 1. The van der Waals surface area contributed by atoms with E-state index in [1.54, 1.807) is 0 Å². The molecule has 1 rings (SSSR count). The van der Waals surface area contributed by atoms with Crippen molar-refractivity contribution in [1.82, 2.24) is 10.6 Å². The second kappa shape index (κ2) is 2.13. The van der Waals surface area contributed by atoms with Gasteiger partial charge in [0.25, 0.3) is 0 Å². The summed E-state index contributed by atoms with van der Waals surface area (Å²) in [4.78, 5) is 10.5. The van der Waals surface area contributed by atoms with Crippen LogP contribution in [0.15, 0.2) is 0 Å². The van der Waals surface area contributed by atoms with Crippen LogP contribution in [0.5, 0.6) is 0 Å². The van der Waals surface area contributed by atoms with Gasteiger partial charge in [-0.15, -0.1) is 0 Å². The van der Waals surface area contributed by atoms with Crippen LogP contribution in [0, 0.1) is 0 Å². The summed E-state index contributed by atoms with van der Waals surface area (Å²) in [5.41, 5.74) is 0. The standard InChI is InChI=1S/C5H10N2O/c1-6-4-2-5(8)7-3-4/h4,6H,2-3H2,1H3,(H,7,8)/t4-/m0/s1. The number of amides is 1. The van der Waals surface area contributed by atoms with Gasteiger partial charge in [-0.05, 0) is 7.05 Å². The van der Waals surface area contributed by atoms with Crippen LogP contribution in [0.3, 0.4) is 0 Å². The minimum absolute atomic E-state index is 0.157. The number of hydrogen-bond acceptors (Lipinski definition) is 2. The summed E-state index contributed by atoms with van der Waals surface area (Å²) in [6, 6.07) is 0.363. The maximum absolute atomic E-state index is 10.5. The van der Waals surface area contributed by atoms with Crippen molar-refractivity contribution in [3.63, 3.8) is 0 Å². The minimum Gasteiger partial charge on any atom is -0.354 e. The maximum atomic E-state index is 10.5. The van der Waals surface area contributed by atoms with Crippen LogP contribution in [-0.2, 0) is 4.79 Å². The predicted octanol–water partition coefficient (Wildman–Crippen LogP) is -0.906. The van der Waals surface area contributed by atoms with Crippen LogP contribution < -0.4 is 10.6 Å². The van der Waals surface area contributed by atoms with E-state index < -0.39 is 0 Å². The van der Waals surface area contributed by atoms with Gasteiger partial charge in [-0.25, -0.2) is 0 Å². The van der Waals surface area contributed by atoms with Gasteiger partial charge in [0, 0.05) is 19.0 Å². The van der Waals surface area contributed by atoms with Crippen molar-refractivity contribution < 1.29 is 4.79 Å². The quantitative estimate of drug-likeness (QED) is 0.463. The Morgan fingerprint density at radius 2 is 2.62 bits per heavy atom. The topological polar surface area (TPSA) is 41.1 Å². The third-order valence-corrected chi connectivity index (χ3v) is 1.39. The zero-order valence-electron chi connectivity index (χ0n) is 4.90. The highest BCUT2D eigenvalue weighted by Crippen LogP contribution is 1.96. The predicted molar refractivity (Wildman–Crippen MR) is 30.5 cm³/mol. The molecule has 0 aliphatic carbocycles. The highest BCUT2D eigenvalue weighted by atomic mass is 16.1. The third kappa shape index (κ3) is 0.980. The number of likely N-dealkylation sites (N-methyl/N-ethyl adjacent to an activating group) is 1. The SMILES string of the molecule is CN[C@@H]1CNC(=O)C1. The van der Waals surface area contributed by atoms with Crippen molar-refractivity contribution >= 4 is 5.91 Å². The molecular formula is C5H10N2O. The lowest BCUT2D eigenvalue weighted by molar-refractivity contribution is -0.119. The summed E-state index contributed by atoms with van der Waals surface area (Å²) in [7, 11) is 1.87. The van der Waals surface area contributed by atoms with Crippen molar-refractivity contribution in [2.45, 2.75) is 12.5 Å². The monoisotopic (exact) mass is 114 g/mol. The van der Waals surface area contributed by atoms with E-state index in [1.807, 2.05) is 7.05 Å². The Balaban J connectivity index is 2.32. The molecule has 0 aromatic heterocycles. The molecule has 3 heteroatoms. The Labute approximate surface area is 48.5 Å². The second-order valence-electron chi connectivity index (χ2n) is 1.99. The van der Waals surface area contributed by atoms with Gasteiger partial charge in [-0.3, -0.25) is 4.79 Å². The van der Waals surface area contributed by atoms with Gasteiger partial charge >= 0.3 is 0 Å². The maximum Gasteiger partial charge on any atom is 0.221 e. The zero-order chi connectivity index (χ0) is 5.98. The van der Waals surface area contributed by atoms with Crippen molar-refractivity contribution in [3.05, 3.63) is 0 Å². The third-order valence-electron chi connectivity index (χ3n) is 1.39. The first-order valence-corrected chi connectivity index (χ1v) is 2.77. The molecule has 1 amide bonds. The van der Waals surface area contributed by atoms with Gasteiger partial charge < -0.3 is 10.6 Å². The van der Waals surface area contributed by atoms with Gasteiger partial charge in [0.05, 0.1) is 0 Å². The van der Waals surface area contributed by atoms with Crippen molar-refractivity contribution in [3.8, 4) is 0 Å². The molecule has 0 aromatic rings. The van der Waals surface area contributed by atoms with Crippen LogP contribution in [-0.4, -0.2) is 25.5 Å². The average molecular weight is 114 g/mol. The normalized spacial score (nSPS) is 28.1. The molecule has 8 heavy (non-hydrogen) atoms. The lowest BCUT2D eigenvalue weighted by Crippen LogP contribution is -2.26. The van der Waals surface area contributed by atoms with Crippen molar-refractivity contribution in [2.75, 3.05) is 13.6 Å². The Morgan fingerprint density at radius 1 is 1.88 bits per heavy atom. The van der Waals surface area contributed by atoms with Gasteiger partial charge in [0.15, 0.2) is 0 Å². The molecule has 1 aliphatic rings. The second-order valence-corrected chi connectivity index (χ2v) is 1.99. The molecule has 1 aliphatic heterocycles. The van der Waals surface area contributed by atoms with Crippen molar-refractivity contribution in [1.29, 1.82) is 0 Å². The molecule has 46 valence electrons. The number of nitrogens with one attached hydrogen (secondary N) is 2. The fraction of sp³-hybridized carbons (Fsp3) is 0.800. The first kappa shape index (κ1) is 5.56. The molecule has 1 heterocycles. The van der Waals surface area contributed by atoms with E-state index in [0.29, 0.717) is 12.5 Å². The molecule has 0 spiro atoms. The Bertz CT molecular complexity index is 103. The zero-order valence-corrected chi connectivity index (χ0v) is 4.90. The van der Waals surface area contributed by atoms with Crippen LogP contribution >= 0.6 is 0 Å². The van der Waals surface area contributed by atoms with E-state index in [9.17, 15) is 4.79 Å². The summed E-state index contributed by atoms with van der Waals surface area (Å²) >= 11 is 0. The Morgan fingerprint density at radius 3 is 2.88 bits per heavy atom. The van der Waals surface area contributed by atoms with E-state index >= 15 is 0 Å². The Kier molecular flexibility index (Phi) is 1.48. The molecule has 1 saturated heterocycles. The molecule has 0 unspecified atom stereocenters. The van der Waals surface area contributed by atoms with Gasteiger partial charge in [0.2, 0.25) is 5.91 Å². The van der Waals surface area contributed by atoms with E-state index in [1.165, 1.54) is 0 Å². The summed E-state index contributed by atoms with van der Waals surface area (Å²) in [6.07, 6.45) is 0.635. The molecule has 1 atom stereocenters. The van der Waals surface area contributed by atoms with Crippen LogP contribution in [0.1, 0.15) is 6.42 Å². The van der Waals surface area contributed by atoms with Crippen LogP contribution in [0.25, 0.3) is 0 Å². The van der Waals surface area contributed by atoms with E-state index in [0.717, 1.165) is 6.54 Å². The molecule has 0 aromatic carbocycles. The molecule has 0 radical (unpaired) electrons. The first-order chi connectivity index (χ1) is 3.83. The molecule has 1 fully saturated rings. The Hall–Kier alpha value is -0.570. The summed E-state index contributed by atoms with van der Waals surface area (Å²) in [5.74, 6) is 0.157. The molecule has 3 nitrogen and oxygen atoms in total. The fourth-order valence-corrected chi connectivity index (χ4v) is 0.809. The number of carbonyl (C=O) groups is 1. The number of hydrogen-bond donors (Lipinski definition) is 2. The van der Waals surface area contributed by atoms with Crippen molar-refractivity contribution in [2.24, 2.45) is 0 Å². The lowest BCUT2D eigenvalue weighted by atomic mass is 10.3. The van der Waals surface area contributed by atoms with E-state index in [2.05, 4.69) is 10.6 Å². The highest BCUT2D eigenvalue weighted by Gasteiger charge is 2.18. The molecular weight excluding hydrogens is 104 g/mol. The lowest BCUT2D eigenvalue weighted by Gasteiger charge is -2.00. The molecule has 0 saturated carbocycles. The first-order valence-electron chi connectivity index (χ1n) is 2.77. The van der Waals surface area contributed by atoms with Crippen LogP contribution in [0.2, 0.25) is 0 Å². The summed E-state index contributed by atoms with van der Waals surface area (Å²) in [5, 5.41) is 5.73. The van der Waals surface area contributed by atoms with E-state index in [-0.39, 0.29) is 5.91 Å². The van der Waals surface area contributed by atoms with Gasteiger partial charge in [0.1, 0.15) is 0 Å². The fourth-order valence-electron chi connectivity index (χ4n) is 0.809. The smallest absolute Gasteiger partial charge is 0.221 e. The molecule has 0 bridgehead atoms. The highest BCUT2D eigenvalue weighted by molar-refractivity contribution is 5.78. The summed E-state index contributed by atoms with van der Waals surface area (Å²) in [6.45, 7) is 0.787. The number of carbonyl (C=O) groups excluding carboxylic acids is 1. The van der Waals surface area contributed by atoms with Crippen LogP contribution in [0.4, 0.5) is 0 Å². The van der Waals surface area contributed by atoms with Gasteiger partial charge in [-0.1, -0.05) is 0 Å². The minimum atomic E-state index is 0.157. The van der Waals surface area contributed by atoms with E-state index in [4.69, 9.17) is 0 Å². The summed E-state index contributed by atoms with van der Waals surface area (Å²) < 4.78 is 0. The van der Waals surface area contributed by atoms with Gasteiger partial charge in [-0.2, -0.15) is 0 Å².